The third-order valence-electron chi connectivity index (χ3n) is 3.51. The molecule has 0 saturated heterocycles. The summed E-state index contributed by atoms with van der Waals surface area (Å²) in [4.78, 5) is 24.8. The van der Waals surface area contributed by atoms with E-state index in [2.05, 4.69) is 10.6 Å². The Morgan fingerprint density at radius 1 is 1.13 bits per heavy atom. The number of halogens is 2. The molecule has 4 nitrogen and oxygen atoms in total. The minimum atomic E-state index is -0.594. The Morgan fingerprint density at radius 2 is 1.78 bits per heavy atom. The van der Waals surface area contributed by atoms with Gasteiger partial charge in [0.2, 0.25) is 5.91 Å². The molecular weight excluding hydrogens is 335 g/mol. The van der Waals surface area contributed by atoms with Crippen LogP contribution >= 0.6 is 23.2 Å². The molecule has 6 heteroatoms. The zero-order valence-corrected chi connectivity index (χ0v) is 15.5. The number of amides is 2. The van der Waals surface area contributed by atoms with Crippen LogP contribution in [0.4, 0.5) is 0 Å². The molecule has 0 spiro atoms. The molecule has 0 fully saturated rings. The van der Waals surface area contributed by atoms with Crippen LogP contribution in [0.3, 0.4) is 0 Å². The van der Waals surface area contributed by atoms with E-state index in [1.54, 1.807) is 12.1 Å². The van der Waals surface area contributed by atoms with E-state index in [1.807, 2.05) is 27.7 Å². The lowest BCUT2D eigenvalue weighted by molar-refractivity contribution is -0.124. The first-order chi connectivity index (χ1) is 10.7. The number of hydrogen-bond acceptors (Lipinski definition) is 2. The molecule has 0 saturated carbocycles. The highest BCUT2D eigenvalue weighted by atomic mass is 35.5. The highest BCUT2D eigenvalue weighted by Crippen LogP contribution is 2.21. The number of benzene rings is 1. The van der Waals surface area contributed by atoms with E-state index in [9.17, 15) is 9.59 Å². The summed E-state index contributed by atoms with van der Waals surface area (Å²) >= 11 is 11.9. The maximum Gasteiger partial charge on any atom is 0.253 e. The summed E-state index contributed by atoms with van der Waals surface area (Å²) in [6.45, 7) is 7.94. The lowest BCUT2D eigenvalue weighted by Gasteiger charge is -2.22. The Labute approximate surface area is 147 Å². The Bertz CT molecular complexity index is 562. The molecule has 1 aromatic carbocycles. The first-order valence-electron chi connectivity index (χ1n) is 7.80. The molecule has 0 aromatic heterocycles. The summed E-state index contributed by atoms with van der Waals surface area (Å²) in [6.07, 6.45) is 1.39. The predicted molar refractivity (Wildman–Crippen MR) is 95.1 cm³/mol. The summed E-state index contributed by atoms with van der Waals surface area (Å²) in [6, 6.07) is 4.13. The van der Waals surface area contributed by atoms with Gasteiger partial charge in [-0.1, -0.05) is 44.0 Å². The summed E-state index contributed by atoms with van der Waals surface area (Å²) in [7, 11) is 0. The minimum absolute atomic E-state index is 0.0631. The molecule has 0 unspecified atom stereocenters. The number of hydrogen-bond donors (Lipinski definition) is 2. The lowest BCUT2D eigenvalue weighted by atomic mass is 10.0. The normalized spacial score (nSPS) is 13.5. The molecule has 0 radical (unpaired) electrons. The molecule has 0 aliphatic heterocycles. The molecule has 0 heterocycles. The van der Waals surface area contributed by atoms with Crippen LogP contribution in [0.1, 0.15) is 50.9 Å². The van der Waals surface area contributed by atoms with Crippen LogP contribution in [0.25, 0.3) is 0 Å². The largest absolute Gasteiger partial charge is 0.352 e. The highest BCUT2D eigenvalue weighted by molar-refractivity contribution is 6.36. The van der Waals surface area contributed by atoms with Crippen LogP contribution in [0, 0.1) is 5.92 Å². The average Bonchev–Trinajstić information content (AvgIpc) is 2.45. The number of carbonyl (C=O) groups excluding carboxylic acids is 2. The molecule has 0 bridgehead atoms. The van der Waals surface area contributed by atoms with Crippen LogP contribution in [0.2, 0.25) is 10.0 Å². The average molecular weight is 359 g/mol. The van der Waals surface area contributed by atoms with E-state index in [4.69, 9.17) is 23.2 Å². The van der Waals surface area contributed by atoms with Crippen LogP contribution in [-0.4, -0.2) is 23.9 Å². The molecule has 1 aromatic rings. The van der Waals surface area contributed by atoms with Crippen molar-refractivity contribution in [2.24, 2.45) is 5.92 Å². The zero-order chi connectivity index (χ0) is 17.6. The van der Waals surface area contributed by atoms with Gasteiger partial charge in [-0.05, 0) is 43.9 Å². The second kappa shape index (κ2) is 9.14. The summed E-state index contributed by atoms with van der Waals surface area (Å²) in [5.41, 5.74) is 0.307. The molecule has 2 atom stereocenters. The Balaban J connectivity index is 2.87. The van der Waals surface area contributed by atoms with Crippen LogP contribution in [-0.2, 0) is 4.79 Å². The SMILES string of the molecule is CC[C@H](C)NC(=O)[C@@H](CC(C)C)NC(=O)c1ccc(Cl)cc1Cl. The lowest BCUT2D eigenvalue weighted by Crippen LogP contribution is -2.49. The van der Waals surface area contributed by atoms with Gasteiger partial charge in [0.05, 0.1) is 10.6 Å². The smallest absolute Gasteiger partial charge is 0.253 e. The third-order valence-corrected chi connectivity index (χ3v) is 4.05. The second-order valence-corrected chi connectivity index (χ2v) is 6.94. The molecule has 0 aliphatic carbocycles. The maximum atomic E-state index is 12.4. The first-order valence-corrected chi connectivity index (χ1v) is 8.56. The van der Waals surface area contributed by atoms with Gasteiger partial charge in [-0.25, -0.2) is 0 Å². The topological polar surface area (TPSA) is 58.2 Å². The van der Waals surface area contributed by atoms with Gasteiger partial charge in [0.15, 0.2) is 0 Å². The van der Waals surface area contributed by atoms with Gasteiger partial charge in [0, 0.05) is 11.1 Å². The van der Waals surface area contributed by atoms with Gasteiger partial charge in [-0.2, -0.15) is 0 Å². The van der Waals surface area contributed by atoms with Crippen molar-refractivity contribution in [2.75, 3.05) is 0 Å². The first kappa shape index (κ1) is 19.8. The molecular formula is C17H24Cl2N2O2. The third kappa shape index (κ3) is 6.40. The number of rotatable bonds is 7. The highest BCUT2D eigenvalue weighted by Gasteiger charge is 2.24. The van der Waals surface area contributed by atoms with E-state index in [0.29, 0.717) is 17.0 Å². The summed E-state index contributed by atoms with van der Waals surface area (Å²) < 4.78 is 0. The molecule has 2 N–H and O–H groups in total. The van der Waals surface area contributed by atoms with Crippen LogP contribution in [0.5, 0.6) is 0 Å². The monoisotopic (exact) mass is 358 g/mol. The fourth-order valence-electron chi connectivity index (χ4n) is 2.06. The van der Waals surface area contributed by atoms with Crippen molar-refractivity contribution in [1.29, 1.82) is 0 Å². The van der Waals surface area contributed by atoms with E-state index in [0.717, 1.165) is 6.42 Å². The van der Waals surface area contributed by atoms with Crippen LogP contribution < -0.4 is 10.6 Å². The van der Waals surface area contributed by atoms with Crippen LogP contribution in [0.15, 0.2) is 18.2 Å². The van der Waals surface area contributed by atoms with E-state index in [-0.39, 0.29) is 28.8 Å². The Kier molecular flexibility index (Phi) is 7.86. The Hall–Kier alpha value is -1.26. The van der Waals surface area contributed by atoms with Gasteiger partial charge < -0.3 is 10.6 Å². The maximum absolute atomic E-state index is 12.4. The predicted octanol–water partition coefficient (Wildman–Crippen LogP) is 4.05. The fraction of sp³-hybridized carbons (Fsp3) is 0.529. The molecule has 128 valence electrons. The molecule has 23 heavy (non-hydrogen) atoms. The standard InChI is InChI=1S/C17H24Cl2N2O2/c1-5-11(4)20-17(23)15(8-10(2)3)21-16(22)13-7-6-12(18)9-14(13)19/h6-7,9-11,15H,5,8H2,1-4H3,(H,20,23)(H,21,22)/t11-,15+/m0/s1. The van der Waals surface area contributed by atoms with Crippen molar-refractivity contribution in [3.05, 3.63) is 33.8 Å². The quantitative estimate of drug-likeness (QED) is 0.772. The van der Waals surface area contributed by atoms with Crippen molar-refractivity contribution in [2.45, 2.75) is 52.6 Å². The van der Waals surface area contributed by atoms with Gasteiger partial charge in [-0.15, -0.1) is 0 Å². The van der Waals surface area contributed by atoms with Gasteiger partial charge in [0.1, 0.15) is 6.04 Å². The van der Waals surface area contributed by atoms with Gasteiger partial charge in [-0.3, -0.25) is 9.59 Å². The van der Waals surface area contributed by atoms with Crippen molar-refractivity contribution in [1.82, 2.24) is 10.6 Å². The fourth-order valence-corrected chi connectivity index (χ4v) is 2.55. The molecule has 1 rings (SSSR count). The van der Waals surface area contributed by atoms with E-state index < -0.39 is 6.04 Å². The number of carbonyl (C=O) groups is 2. The molecule has 2 amide bonds. The number of nitrogens with one attached hydrogen (secondary N) is 2. The molecule has 0 aliphatic rings. The van der Waals surface area contributed by atoms with Gasteiger partial charge in [0.25, 0.3) is 5.91 Å². The van der Waals surface area contributed by atoms with Crippen molar-refractivity contribution < 1.29 is 9.59 Å². The van der Waals surface area contributed by atoms with E-state index in [1.165, 1.54) is 6.07 Å². The van der Waals surface area contributed by atoms with Crippen molar-refractivity contribution in [3.8, 4) is 0 Å². The second-order valence-electron chi connectivity index (χ2n) is 6.10. The van der Waals surface area contributed by atoms with E-state index >= 15 is 0 Å². The van der Waals surface area contributed by atoms with Crippen molar-refractivity contribution >= 4 is 35.0 Å². The zero-order valence-electron chi connectivity index (χ0n) is 14.0. The van der Waals surface area contributed by atoms with Crippen molar-refractivity contribution in [3.63, 3.8) is 0 Å². The van der Waals surface area contributed by atoms with Gasteiger partial charge >= 0.3 is 0 Å². The summed E-state index contributed by atoms with van der Waals surface area (Å²) in [5, 5.41) is 6.41. The summed E-state index contributed by atoms with van der Waals surface area (Å²) in [5.74, 6) is -0.285. The minimum Gasteiger partial charge on any atom is -0.352 e. The Morgan fingerprint density at radius 3 is 2.30 bits per heavy atom.